The van der Waals surface area contributed by atoms with Crippen LogP contribution >= 0.6 is 11.8 Å². The zero-order valence-electron chi connectivity index (χ0n) is 8.22. The second kappa shape index (κ2) is 5.00. The van der Waals surface area contributed by atoms with Gasteiger partial charge in [0.25, 0.3) is 0 Å². The van der Waals surface area contributed by atoms with Gasteiger partial charge in [0.2, 0.25) is 0 Å². The van der Waals surface area contributed by atoms with E-state index in [1.165, 1.54) is 4.90 Å². The Morgan fingerprint density at radius 2 is 2.00 bits per heavy atom. The molecule has 2 N–H and O–H groups in total. The molecule has 0 aliphatic carbocycles. The summed E-state index contributed by atoms with van der Waals surface area (Å²) >= 11 is 1.72. The van der Waals surface area contributed by atoms with E-state index in [0.717, 1.165) is 17.1 Å². The Hall–Kier alpha value is -1.26. The molecule has 2 rings (SSSR count). The van der Waals surface area contributed by atoms with E-state index in [0.29, 0.717) is 6.54 Å². The quantitative estimate of drug-likeness (QED) is 0.804. The summed E-state index contributed by atoms with van der Waals surface area (Å²) in [6, 6.07) is 10.1. The van der Waals surface area contributed by atoms with Gasteiger partial charge >= 0.3 is 0 Å². The summed E-state index contributed by atoms with van der Waals surface area (Å²) in [5.41, 5.74) is 6.67. The minimum Gasteiger partial charge on any atom is -0.361 e. The van der Waals surface area contributed by atoms with Crippen molar-refractivity contribution >= 4 is 11.8 Å². The van der Waals surface area contributed by atoms with Gasteiger partial charge < -0.3 is 10.3 Å². The fraction of sp³-hybridized carbons (Fsp3) is 0.182. The van der Waals surface area contributed by atoms with Crippen LogP contribution in [0.25, 0.3) is 0 Å². The zero-order chi connectivity index (χ0) is 10.5. The largest absolute Gasteiger partial charge is 0.361 e. The van der Waals surface area contributed by atoms with Crippen molar-refractivity contribution in [3.63, 3.8) is 0 Å². The minimum atomic E-state index is 0.590. The molecule has 2 aromatic rings. The van der Waals surface area contributed by atoms with Gasteiger partial charge in [-0.15, -0.1) is 11.8 Å². The summed E-state index contributed by atoms with van der Waals surface area (Å²) in [4.78, 5) is 1.21. The van der Waals surface area contributed by atoms with Crippen LogP contribution in [-0.4, -0.2) is 5.16 Å². The summed E-state index contributed by atoms with van der Waals surface area (Å²) in [5.74, 6) is 1.70. The molecule has 0 amide bonds. The van der Waals surface area contributed by atoms with Gasteiger partial charge in [-0.05, 0) is 17.7 Å². The maximum absolute atomic E-state index is 5.52. The molecule has 0 aliphatic heterocycles. The first-order chi connectivity index (χ1) is 7.38. The summed E-state index contributed by atoms with van der Waals surface area (Å²) < 4.78 is 5.01. The van der Waals surface area contributed by atoms with Crippen molar-refractivity contribution < 1.29 is 4.52 Å². The number of nitrogens with zero attached hydrogens (tertiary/aromatic N) is 1. The standard InChI is InChI=1S/C11H12N2OS/c12-7-9-1-3-11(4-2-9)15-8-10-5-6-13-14-10/h1-6H,7-8,12H2. The average molecular weight is 220 g/mol. The maximum atomic E-state index is 5.52. The van der Waals surface area contributed by atoms with Crippen molar-refractivity contribution in [3.05, 3.63) is 47.9 Å². The van der Waals surface area contributed by atoms with Crippen LogP contribution in [0.1, 0.15) is 11.3 Å². The lowest BCUT2D eigenvalue weighted by atomic mass is 10.2. The topological polar surface area (TPSA) is 52.0 Å². The maximum Gasteiger partial charge on any atom is 0.146 e. The third-order valence-electron chi connectivity index (χ3n) is 2.03. The molecule has 0 fully saturated rings. The molecule has 0 spiro atoms. The normalized spacial score (nSPS) is 10.5. The molecule has 1 aromatic heterocycles. The van der Waals surface area contributed by atoms with Crippen molar-refractivity contribution in [1.29, 1.82) is 0 Å². The van der Waals surface area contributed by atoms with Crippen molar-refractivity contribution in [2.24, 2.45) is 5.73 Å². The predicted octanol–water partition coefficient (Wildman–Crippen LogP) is 2.43. The van der Waals surface area contributed by atoms with E-state index < -0.39 is 0 Å². The third kappa shape index (κ3) is 2.84. The lowest BCUT2D eigenvalue weighted by Gasteiger charge is -2.00. The van der Waals surface area contributed by atoms with Gasteiger partial charge in [0, 0.05) is 17.5 Å². The molecule has 3 nitrogen and oxygen atoms in total. The van der Waals surface area contributed by atoms with Gasteiger partial charge in [0.05, 0.1) is 11.9 Å². The fourth-order valence-electron chi connectivity index (χ4n) is 1.19. The molecule has 78 valence electrons. The Morgan fingerprint density at radius 3 is 2.60 bits per heavy atom. The van der Waals surface area contributed by atoms with Gasteiger partial charge in [0.1, 0.15) is 5.76 Å². The summed E-state index contributed by atoms with van der Waals surface area (Å²) in [5, 5.41) is 3.66. The lowest BCUT2D eigenvalue weighted by molar-refractivity contribution is 0.395. The highest BCUT2D eigenvalue weighted by molar-refractivity contribution is 7.98. The predicted molar refractivity (Wildman–Crippen MR) is 60.4 cm³/mol. The van der Waals surface area contributed by atoms with E-state index in [1.54, 1.807) is 18.0 Å². The Kier molecular flexibility index (Phi) is 3.42. The monoisotopic (exact) mass is 220 g/mol. The van der Waals surface area contributed by atoms with Crippen LogP contribution < -0.4 is 5.73 Å². The Labute approximate surface area is 92.6 Å². The van der Waals surface area contributed by atoms with Crippen LogP contribution in [0, 0.1) is 0 Å². The molecule has 0 saturated carbocycles. The van der Waals surface area contributed by atoms with Gasteiger partial charge in [-0.2, -0.15) is 0 Å². The molecule has 0 bridgehead atoms. The van der Waals surface area contributed by atoms with Crippen molar-refractivity contribution in [3.8, 4) is 0 Å². The molecule has 0 aliphatic rings. The molecule has 0 saturated heterocycles. The number of hydrogen-bond acceptors (Lipinski definition) is 4. The van der Waals surface area contributed by atoms with Crippen LogP contribution in [0.5, 0.6) is 0 Å². The summed E-state index contributed by atoms with van der Waals surface area (Å²) in [7, 11) is 0. The van der Waals surface area contributed by atoms with Gasteiger partial charge in [-0.1, -0.05) is 17.3 Å². The first-order valence-electron chi connectivity index (χ1n) is 4.70. The second-order valence-electron chi connectivity index (χ2n) is 3.12. The van der Waals surface area contributed by atoms with Crippen LogP contribution in [0.15, 0.2) is 45.9 Å². The van der Waals surface area contributed by atoms with Gasteiger partial charge in [-0.3, -0.25) is 0 Å². The average Bonchev–Trinajstić information content (AvgIpc) is 2.80. The number of aromatic nitrogens is 1. The highest BCUT2D eigenvalue weighted by Gasteiger charge is 1.99. The second-order valence-corrected chi connectivity index (χ2v) is 4.16. The van der Waals surface area contributed by atoms with Crippen molar-refractivity contribution in [2.75, 3.05) is 0 Å². The Balaban J connectivity index is 1.93. The molecule has 1 heterocycles. The highest BCUT2D eigenvalue weighted by Crippen LogP contribution is 2.22. The lowest BCUT2D eigenvalue weighted by Crippen LogP contribution is -1.94. The summed E-state index contributed by atoms with van der Waals surface area (Å²) in [6.07, 6.45) is 1.66. The molecular formula is C11H12N2OS. The number of hydrogen-bond donors (Lipinski definition) is 1. The number of rotatable bonds is 4. The SMILES string of the molecule is NCc1ccc(SCc2ccno2)cc1. The number of nitrogens with two attached hydrogens (primary N) is 1. The van der Waals surface area contributed by atoms with Crippen molar-refractivity contribution in [2.45, 2.75) is 17.2 Å². The van der Waals surface area contributed by atoms with Gasteiger partial charge in [0.15, 0.2) is 0 Å². The van der Waals surface area contributed by atoms with E-state index >= 15 is 0 Å². The fourth-order valence-corrected chi connectivity index (χ4v) is 1.98. The Bertz CT molecular complexity index is 397. The molecule has 15 heavy (non-hydrogen) atoms. The smallest absolute Gasteiger partial charge is 0.146 e. The van der Waals surface area contributed by atoms with Crippen molar-refractivity contribution in [1.82, 2.24) is 5.16 Å². The van der Waals surface area contributed by atoms with Crippen LogP contribution in [0.4, 0.5) is 0 Å². The molecule has 0 unspecified atom stereocenters. The van der Waals surface area contributed by atoms with E-state index in [-0.39, 0.29) is 0 Å². The van der Waals surface area contributed by atoms with Crippen LogP contribution in [0.3, 0.4) is 0 Å². The minimum absolute atomic E-state index is 0.590. The van der Waals surface area contributed by atoms with Gasteiger partial charge in [-0.25, -0.2) is 0 Å². The van der Waals surface area contributed by atoms with E-state index in [9.17, 15) is 0 Å². The Morgan fingerprint density at radius 1 is 1.20 bits per heavy atom. The molecular weight excluding hydrogens is 208 g/mol. The first kappa shape index (κ1) is 10.3. The van der Waals surface area contributed by atoms with Crippen LogP contribution in [0.2, 0.25) is 0 Å². The zero-order valence-corrected chi connectivity index (χ0v) is 9.04. The molecule has 4 heteroatoms. The molecule has 0 atom stereocenters. The first-order valence-corrected chi connectivity index (χ1v) is 5.68. The molecule has 1 aromatic carbocycles. The third-order valence-corrected chi connectivity index (χ3v) is 3.07. The van der Waals surface area contributed by atoms with E-state index in [1.807, 2.05) is 18.2 Å². The van der Waals surface area contributed by atoms with E-state index in [2.05, 4.69) is 17.3 Å². The number of thioether (sulfide) groups is 1. The van der Waals surface area contributed by atoms with Crippen LogP contribution in [-0.2, 0) is 12.3 Å². The highest BCUT2D eigenvalue weighted by atomic mass is 32.2. The number of benzene rings is 1. The van der Waals surface area contributed by atoms with E-state index in [4.69, 9.17) is 10.3 Å². The summed E-state index contributed by atoms with van der Waals surface area (Å²) in [6.45, 7) is 0.590. The molecule has 0 radical (unpaired) electrons.